The van der Waals surface area contributed by atoms with Gasteiger partial charge in [0.05, 0.1) is 11.5 Å². The molecule has 0 saturated heterocycles. The number of benzene rings is 2. The van der Waals surface area contributed by atoms with Crippen LogP contribution in [0.3, 0.4) is 0 Å². The summed E-state index contributed by atoms with van der Waals surface area (Å²) >= 11 is 0. The van der Waals surface area contributed by atoms with Crippen LogP contribution in [0, 0.1) is 0 Å². The molecule has 2 aromatic carbocycles. The Morgan fingerprint density at radius 3 is 2.15 bits per heavy atom. The molecule has 6 N–H and O–H groups in total. The first kappa shape index (κ1) is 24.8. The normalized spacial score (nSPS) is 15.2. The Hall–Kier alpha value is -3.87. The Kier molecular flexibility index (Phi) is 7.25. The minimum atomic E-state index is -4.79. The Labute approximate surface area is 196 Å². The number of guanidine groups is 2. The van der Waals surface area contributed by atoms with E-state index >= 15 is 0 Å². The molecule has 1 aliphatic heterocycles. The van der Waals surface area contributed by atoms with Crippen LogP contribution in [-0.2, 0) is 10.2 Å². The zero-order chi connectivity index (χ0) is 24.9. The molecule has 182 valence electrons. The molecule has 1 aliphatic rings. The molecule has 3 rings (SSSR count). The second kappa shape index (κ2) is 9.95. The summed E-state index contributed by atoms with van der Waals surface area (Å²) in [6.07, 6.45) is 0.667. The van der Waals surface area contributed by atoms with E-state index in [-0.39, 0.29) is 5.96 Å². The van der Waals surface area contributed by atoms with Crippen LogP contribution in [-0.4, -0.2) is 50.1 Å². The van der Waals surface area contributed by atoms with Crippen LogP contribution in [0.5, 0.6) is 5.75 Å². The zero-order valence-electron chi connectivity index (χ0n) is 18.7. The number of urea groups is 1. The first-order valence-corrected chi connectivity index (χ1v) is 11.7. The summed E-state index contributed by atoms with van der Waals surface area (Å²) in [7, 11) is -4.79. The van der Waals surface area contributed by atoms with Gasteiger partial charge in [-0.15, -0.1) is 3.89 Å². The number of nitrogens with two attached hydrogens (primary N) is 2. The van der Waals surface area contributed by atoms with Gasteiger partial charge in [-0.3, -0.25) is 0 Å². The van der Waals surface area contributed by atoms with E-state index in [1.807, 2.05) is 18.7 Å². The maximum atomic E-state index is 12.9. The van der Waals surface area contributed by atoms with Crippen molar-refractivity contribution in [3.8, 4) is 5.75 Å². The molecule has 0 radical (unpaired) electrons. The van der Waals surface area contributed by atoms with E-state index in [1.165, 1.54) is 12.1 Å². The van der Waals surface area contributed by atoms with E-state index in [2.05, 4.69) is 20.6 Å². The maximum Gasteiger partial charge on any atom is 0.332 e. The number of anilines is 2. The fraction of sp³-hybridized carbons (Fsp3) is 0.286. The summed E-state index contributed by atoms with van der Waals surface area (Å²) in [4.78, 5) is 21.8. The van der Waals surface area contributed by atoms with E-state index in [4.69, 9.17) is 16.2 Å². The van der Waals surface area contributed by atoms with Crippen LogP contribution in [0.4, 0.5) is 20.1 Å². The molecular formula is C21H26FN7O4S. The Bertz CT molecular complexity index is 1200. The van der Waals surface area contributed by atoms with E-state index in [9.17, 15) is 17.1 Å². The van der Waals surface area contributed by atoms with Gasteiger partial charge in [0.1, 0.15) is 11.4 Å². The highest BCUT2D eigenvalue weighted by molar-refractivity contribution is 7.86. The minimum absolute atomic E-state index is 0.155. The van der Waals surface area contributed by atoms with Crippen molar-refractivity contribution in [2.75, 3.05) is 23.8 Å². The van der Waals surface area contributed by atoms with Gasteiger partial charge in [-0.05, 0) is 68.8 Å². The smallest absolute Gasteiger partial charge is 0.332 e. The van der Waals surface area contributed by atoms with Crippen LogP contribution in [0.2, 0.25) is 0 Å². The summed E-state index contributed by atoms with van der Waals surface area (Å²) in [6.45, 7) is 4.80. The molecule has 0 aliphatic carbocycles. The van der Waals surface area contributed by atoms with Crippen molar-refractivity contribution in [3.63, 3.8) is 0 Å². The van der Waals surface area contributed by atoms with Gasteiger partial charge < -0.3 is 31.7 Å². The maximum absolute atomic E-state index is 12.9. The molecule has 0 unspecified atom stereocenters. The molecule has 0 aromatic heterocycles. The number of nitrogens with one attached hydrogen (secondary N) is 2. The Balaban J connectivity index is 1.44. The van der Waals surface area contributed by atoms with Gasteiger partial charge in [0.2, 0.25) is 11.9 Å². The van der Waals surface area contributed by atoms with Crippen LogP contribution >= 0.6 is 0 Å². The highest BCUT2D eigenvalue weighted by Crippen LogP contribution is 2.21. The second-order valence-corrected chi connectivity index (χ2v) is 9.20. The lowest BCUT2D eigenvalue weighted by atomic mass is 10.2. The number of hydrogen-bond donors (Lipinski definition) is 4. The van der Waals surface area contributed by atoms with Crippen molar-refractivity contribution in [1.29, 1.82) is 0 Å². The number of rotatable bonds is 8. The predicted octanol–water partition coefficient (Wildman–Crippen LogP) is 2.44. The molecule has 0 atom stereocenters. The molecule has 13 heteroatoms. The van der Waals surface area contributed by atoms with Crippen LogP contribution in [0.1, 0.15) is 20.3 Å². The third-order valence-electron chi connectivity index (χ3n) is 4.86. The molecule has 0 bridgehead atoms. The van der Waals surface area contributed by atoms with Crippen molar-refractivity contribution >= 4 is 39.5 Å². The fourth-order valence-electron chi connectivity index (χ4n) is 3.25. The Morgan fingerprint density at radius 2 is 1.62 bits per heavy atom. The third kappa shape index (κ3) is 6.57. The van der Waals surface area contributed by atoms with Gasteiger partial charge >= 0.3 is 16.3 Å². The SMILES string of the molecule is CC1(C)N=C(N)N=C(N)N1CCCOc1ccc(NC(=O)Nc2ccc(S(=O)(=O)F)cc2)cc1. The molecule has 0 saturated carbocycles. The average Bonchev–Trinajstić information content (AvgIpc) is 2.73. The Morgan fingerprint density at radius 1 is 1.06 bits per heavy atom. The summed E-state index contributed by atoms with van der Waals surface area (Å²) < 4.78 is 40.3. The molecule has 2 aromatic rings. The lowest BCUT2D eigenvalue weighted by Crippen LogP contribution is -2.54. The monoisotopic (exact) mass is 491 g/mol. The largest absolute Gasteiger partial charge is 0.494 e. The summed E-state index contributed by atoms with van der Waals surface area (Å²) in [6, 6.07) is 10.9. The number of carbonyl (C=O) groups excluding carboxylic acids is 1. The second-order valence-electron chi connectivity index (χ2n) is 7.85. The standard InChI is InChI=1S/C21H26FN7O4S/c1-21(2)28-18(23)27-19(24)29(21)12-3-13-33-16-8-4-14(5-9-16)25-20(30)26-15-6-10-17(11-7-15)34(22,31)32/h4-11H,3,12-13H2,1-2H3,(H2,25,26,30)(H4,23,24,27,28). The van der Waals surface area contributed by atoms with Gasteiger partial charge in [0.25, 0.3) is 0 Å². The lowest BCUT2D eigenvalue weighted by molar-refractivity contribution is 0.198. The van der Waals surface area contributed by atoms with Gasteiger partial charge in [0.15, 0.2) is 0 Å². The summed E-state index contributed by atoms with van der Waals surface area (Å²) in [5.41, 5.74) is 11.9. The van der Waals surface area contributed by atoms with Crippen molar-refractivity contribution in [2.24, 2.45) is 21.5 Å². The average molecular weight is 492 g/mol. The first-order chi connectivity index (χ1) is 15.9. The number of carbonyl (C=O) groups is 1. The fourth-order valence-corrected chi connectivity index (χ4v) is 3.71. The topological polar surface area (TPSA) is 164 Å². The lowest BCUT2D eigenvalue weighted by Gasteiger charge is -2.38. The number of amides is 2. The molecule has 0 spiro atoms. The molecule has 1 heterocycles. The van der Waals surface area contributed by atoms with Crippen molar-refractivity contribution < 1.29 is 21.8 Å². The van der Waals surface area contributed by atoms with E-state index < -0.39 is 26.8 Å². The van der Waals surface area contributed by atoms with Crippen molar-refractivity contribution in [1.82, 2.24) is 4.90 Å². The van der Waals surface area contributed by atoms with Crippen LogP contribution in [0.25, 0.3) is 0 Å². The van der Waals surface area contributed by atoms with Crippen molar-refractivity contribution in [3.05, 3.63) is 48.5 Å². The predicted molar refractivity (Wildman–Crippen MR) is 128 cm³/mol. The van der Waals surface area contributed by atoms with E-state index in [0.29, 0.717) is 42.7 Å². The quantitative estimate of drug-likeness (QED) is 0.325. The molecular weight excluding hydrogens is 465 g/mol. The summed E-state index contributed by atoms with van der Waals surface area (Å²) in [5, 5.41) is 5.17. The third-order valence-corrected chi connectivity index (χ3v) is 5.69. The van der Waals surface area contributed by atoms with E-state index in [1.54, 1.807) is 24.3 Å². The zero-order valence-corrected chi connectivity index (χ0v) is 19.5. The minimum Gasteiger partial charge on any atom is -0.494 e. The molecule has 0 fully saturated rings. The van der Waals surface area contributed by atoms with Crippen LogP contribution in [0.15, 0.2) is 63.4 Å². The molecule has 34 heavy (non-hydrogen) atoms. The number of nitrogens with zero attached hydrogens (tertiary/aromatic N) is 3. The van der Waals surface area contributed by atoms with Gasteiger partial charge in [-0.25, -0.2) is 9.79 Å². The van der Waals surface area contributed by atoms with Crippen molar-refractivity contribution in [2.45, 2.75) is 30.8 Å². The molecule has 11 nitrogen and oxygen atoms in total. The van der Waals surface area contributed by atoms with Gasteiger partial charge in [0, 0.05) is 17.9 Å². The number of hydrogen-bond acceptors (Lipinski definition) is 9. The van der Waals surface area contributed by atoms with E-state index in [0.717, 1.165) is 12.1 Å². The molecule has 2 amide bonds. The number of halogens is 1. The van der Waals surface area contributed by atoms with Gasteiger partial charge in [-0.2, -0.15) is 13.4 Å². The first-order valence-electron chi connectivity index (χ1n) is 10.3. The number of ether oxygens (including phenoxy) is 1. The van der Waals surface area contributed by atoms with Gasteiger partial charge in [-0.1, -0.05) is 0 Å². The highest BCUT2D eigenvalue weighted by Gasteiger charge is 2.31. The highest BCUT2D eigenvalue weighted by atomic mass is 32.3. The number of aliphatic imine (C=N–C) groups is 2. The van der Waals surface area contributed by atoms with Crippen LogP contribution < -0.4 is 26.8 Å². The summed E-state index contributed by atoms with van der Waals surface area (Å²) in [5.74, 6) is 1.09.